The first-order chi connectivity index (χ1) is 7.25. The second-order valence-corrected chi connectivity index (χ2v) is 4.29. The number of nitrogens with zero attached hydrogens (tertiary/aromatic N) is 3. The van der Waals surface area contributed by atoms with Crippen molar-refractivity contribution in [2.45, 2.75) is 18.9 Å². The maximum Gasteiger partial charge on any atom is 0.225 e. The van der Waals surface area contributed by atoms with Gasteiger partial charge in [-0.3, -0.25) is 0 Å². The summed E-state index contributed by atoms with van der Waals surface area (Å²) in [5, 5.41) is 4.02. The molecule has 1 heterocycles. The topological polar surface area (TPSA) is 41.0 Å². The lowest BCUT2D eigenvalue weighted by Gasteiger charge is -2.16. The molecule has 0 unspecified atom stereocenters. The lowest BCUT2D eigenvalue weighted by atomic mass is 10.5. The molecule has 1 aromatic heterocycles. The van der Waals surface area contributed by atoms with Crippen LogP contribution in [0.4, 0.5) is 5.95 Å². The molecular weight excluding hydrogens is 212 g/mol. The molecule has 82 valence electrons. The molecule has 4 nitrogen and oxygen atoms in total. The van der Waals surface area contributed by atoms with Gasteiger partial charge in [0.1, 0.15) is 0 Å². The van der Waals surface area contributed by atoms with Gasteiger partial charge in [-0.05, 0) is 12.8 Å². The number of hydrogen-bond donors (Lipinski definition) is 1. The van der Waals surface area contributed by atoms with Gasteiger partial charge in [0.05, 0.1) is 17.4 Å². The third kappa shape index (κ3) is 3.32. The average molecular weight is 227 g/mol. The molecule has 0 spiro atoms. The van der Waals surface area contributed by atoms with Crippen molar-refractivity contribution in [3.05, 3.63) is 17.4 Å². The van der Waals surface area contributed by atoms with Crippen LogP contribution in [-0.2, 0) is 0 Å². The van der Waals surface area contributed by atoms with Crippen LogP contribution in [0, 0.1) is 0 Å². The molecule has 1 aliphatic carbocycles. The van der Waals surface area contributed by atoms with E-state index in [4.69, 9.17) is 11.6 Å². The van der Waals surface area contributed by atoms with E-state index in [0.717, 1.165) is 25.1 Å². The van der Waals surface area contributed by atoms with Gasteiger partial charge in [0.25, 0.3) is 0 Å². The summed E-state index contributed by atoms with van der Waals surface area (Å²) in [6.07, 6.45) is 5.88. The Morgan fingerprint density at radius 3 is 2.73 bits per heavy atom. The zero-order valence-corrected chi connectivity index (χ0v) is 9.54. The van der Waals surface area contributed by atoms with Crippen molar-refractivity contribution in [2.75, 3.05) is 25.0 Å². The summed E-state index contributed by atoms with van der Waals surface area (Å²) in [6.45, 7) is 1.89. The van der Waals surface area contributed by atoms with Gasteiger partial charge < -0.3 is 10.2 Å². The van der Waals surface area contributed by atoms with Crippen molar-refractivity contribution in [1.82, 2.24) is 15.3 Å². The van der Waals surface area contributed by atoms with Crippen molar-refractivity contribution in [1.29, 1.82) is 0 Å². The van der Waals surface area contributed by atoms with E-state index in [9.17, 15) is 0 Å². The number of anilines is 1. The number of rotatable bonds is 5. The van der Waals surface area contributed by atoms with Crippen LogP contribution in [0.25, 0.3) is 0 Å². The molecule has 0 amide bonds. The van der Waals surface area contributed by atoms with Gasteiger partial charge in [0.15, 0.2) is 0 Å². The van der Waals surface area contributed by atoms with Crippen molar-refractivity contribution >= 4 is 17.5 Å². The van der Waals surface area contributed by atoms with Crippen molar-refractivity contribution in [2.24, 2.45) is 0 Å². The fraction of sp³-hybridized carbons (Fsp3) is 0.600. The van der Waals surface area contributed by atoms with E-state index in [0.29, 0.717) is 5.02 Å². The van der Waals surface area contributed by atoms with Crippen molar-refractivity contribution < 1.29 is 0 Å². The molecule has 1 aliphatic rings. The lowest BCUT2D eigenvalue weighted by Crippen LogP contribution is -2.31. The highest BCUT2D eigenvalue weighted by atomic mass is 35.5. The molecule has 5 heteroatoms. The molecule has 1 aromatic rings. The van der Waals surface area contributed by atoms with E-state index >= 15 is 0 Å². The molecule has 1 fully saturated rings. The molecule has 2 rings (SSSR count). The number of nitrogens with one attached hydrogen (secondary N) is 1. The van der Waals surface area contributed by atoms with Crippen LogP contribution in [0.1, 0.15) is 12.8 Å². The highest BCUT2D eigenvalue weighted by molar-refractivity contribution is 6.30. The molecule has 0 aromatic carbocycles. The number of halogens is 1. The Balaban J connectivity index is 1.78. The predicted octanol–water partition coefficient (Wildman–Crippen LogP) is 1.32. The van der Waals surface area contributed by atoms with Crippen LogP contribution in [0.3, 0.4) is 0 Å². The standard InChI is InChI=1S/C10H15ClN4/c1-15(5-4-12-9-2-3-9)10-13-6-8(11)7-14-10/h6-7,9,12H,2-5H2,1H3. The zero-order chi connectivity index (χ0) is 10.7. The van der Waals surface area contributed by atoms with E-state index in [1.807, 2.05) is 11.9 Å². The van der Waals surface area contributed by atoms with Crippen LogP contribution in [0.15, 0.2) is 12.4 Å². The Morgan fingerprint density at radius 2 is 2.13 bits per heavy atom. The zero-order valence-electron chi connectivity index (χ0n) is 8.78. The number of hydrogen-bond acceptors (Lipinski definition) is 4. The molecule has 1 saturated carbocycles. The minimum absolute atomic E-state index is 0.572. The quantitative estimate of drug-likeness (QED) is 0.822. The van der Waals surface area contributed by atoms with Gasteiger partial charge in [0.2, 0.25) is 5.95 Å². The van der Waals surface area contributed by atoms with Crippen LogP contribution in [0.2, 0.25) is 5.02 Å². The summed E-state index contributed by atoms with van der Waals surface area (Å²) >= 11 is 5.71. The van der Waals surface area contributed by atoms with Crippen LogP contribution >= 0.6 is 11.6 Å². The largest absolute Gasteiger partial charge is 0.343 e. The summed E-state index contributed by atoms with van der Waals surface area (Å²) < 4.78 is 0. The van der Waals surface area contributed by atoms with E-state index in [-0.39, 0.29) is 0 Å². The Morgan fingerprint density at radius 1 is 1.47 bits per heavy atom. The van der Waals surface area contributed by atoms with Gasteiger partial charge >= 0.3 is 0 Å². The Bertz CT molecular complexity index is 310. The molecule has 0 atom stereocenters. The van der Waals surface area contributed by atoms with Gasteiger partial charge in [0, 0.05) is 26.2 Å². The van der Waals surface area contributed by atoms with Gasteiger partial charge in [-0.15, -0.1) is 0 Å². The predicted molar refractivity (Wildman–Crippen MR) is 61.3 cm³/mol. The molecule has 0 aliphatic heterocycles. The van der Waals surface area contributed by atoms with Gasteiger partial charge in [-0.2, -0.15) is 0 Å². The Hall–Kier alpha value is -0.870. The highest BCUT2D eigenvalue weighted by Crippen LogP contribution is 2.18. The summed E-state index contributed by atoms with van der Waals surface area (Å²) in [4.78, 5) is 10.3. The molecule has 0 saturated heterocycles. The first-order valence-electron chi connectivity index (χ1n) is 5.18. The van der Waals surface area contributed by atoms with Crippen molar-refractivity contribution in [3.63, 3.8) is 0 Å². The van der Waals surface area contributed by atoms with E-state index < -0.39 is 0 Å². The second-order valence-electron chi connectivity index (χ2n) is 3.85. The molecule has 15 heavy (non-hydrogen) atoms. The molecule has 1 N–H and O–H groups in total. The third-order valence-electron chi connectivity index (χ3n) is 2.41. The second kappa shape index (κ2) is 4.77. The highest BCUT2D eigenvalue weighted by Gasteiger charge is 2.19. The SMILES string of the molecule is CN(CCNC1CC1)c1ncc(Cl)cn1. The van der Waals surface area contributed by atoms with Crippen LogP contribution < -0.4 is 10.2 Å². The maximum absolute atomic E-state index is 5.71. The normalized spacial score (nSPS) is 15.3. The first-order valence-corrected chi connectivity index (χ1v) is 5.55. The number of aromatic nitrogens is 2. The minimum Gasteiger partial charge on any atom is -0.343 e. The molecule has 0 bridgehead atoms. The summed E-state index contributed by atoms with van der Waals surface area (Å²) in [5.41, 5.74) is 0. The van der Waals surface area contributed by atoms with Crippen LogP contribution in [-0.4, -0.2) is 36.1 Å². The van der Waals surface area contributed by atoms with Gasteiger partial charge in [-0.1, -0.05) is 11.6 Å². The van der Waals surface area contributed by atoms with Crippen molar-refractivity contribution in [3.8, 4) is 0 Å². The maximum atomic E-state index is 5.71. The molecular formula is C10H15ClN4. The lowest BCUT2D eigenvalue weighted by molar-refractivity contribution is 0.669. The summed E-state index contributed by atoms with van der Waals surface area (Å²) in [6, 6.07) is 0.754. The monoisotopic (exact) mass is 226 g/mol. The minimum atomic E-state index is 0.572. The van der Waals surface area contributed by atoms with Gasteiger partial charge in [-0.25, -0.2) is 9.97 Å². The fourth-order valence-corrected chi connectivity index (χ4v) is 1.42. The average Bonchev–Trinajstić information content (AvgIpc) is 3.02. The smallest absolute Gasteiger partial charge is 0.225 e. The summed E-state index contributed by atoms with van der Waals surface area (Å²) in [7, 11) is 1.98. The van der Waals surface area contributed by atoms with E-state index in [1.54, 1.807) is 12.4 Å². The Labute approximate surface area is 94.7 Å². The van der Waals surface area contributed by atoms with Crippen LogP contribution in [0.5, 0.6) is 0 Å². The van der Waals surface area contributed by atoms with E-state index in [2.05, 4.69) is 15.3 Å². The first kappa shape index (κ1) is 10.6. The van der Waals surface area contributed by atoms with E-state index in [1.165, 1.54) is 12.8 Å². The Kier molecular flexibility index (Phi) is 3.38. The molecule has 0 radical (unpaired) electrons. The third-order valence-corrected chi connectivity index (χ3v) is 2.60. The number of likely N-dealkylation sites (N-methyl/N-ethyl adjacent to an activating group) is 1. The summed E-state index contributed by atoms with van der Waals surface area (Å²) in [5.74, 6) is 0.719. The fourth-order valence-electron chi connectivity index (χ4n) is 1.33.